The van der Waals surface area contributed by atoms with Gasteiger partial charge in [-0.3, -0.25) is 0 Å². The first-order valence-corrected chi connectivity index (χ1v) is 4.41. The van der Waals surface area contributed by atoms with Gasteiger partial charge in [0, 0.05) is 11.6 Å². The molecule has 12 heavy (non-hydrogen) atoms. The molecule has 2 rings (SSSR count). The van der Waals surface area contributed by atoms with Crippen molar-refractivity contribution in [2.24, 2.45) is 0 Å². The van der Waals surface area contributed by atoms with E-state index in [1.54, 1.807) is 0 Å². The summed E-state index contributed by atoms with van der Waals surface area (Å²) in [5, 5.41) is 0.758. The summed E-state index contributed by atoms with van der Waals surface area (Å²) in [6.45, 7) is 0. The van der Waals surface area contributed by atoms with Crippen molar-refractivity contribution in [2.45, 2.75) is 0 Å². The number of rotatable bonds is 1. The van der Waals surface area contributed by atoms with Crippen molar-refractivity contribution >= 4 is 16.5 Å². The van der Waals surface area contributed by atoms with E-state index >= 15 is 0 Å². The zero-order valence-corrected chi connectivity index (χ0v) is 7.21. The van der Waals surface area contributed by atoms with Gasteiger partial charge in [-0.05, 0) is 11.5 Å². The van der Waals surface area contributed by atoms with Gasteiger partial charge in [0.05, 0.1) is 5.69 Å². The van der Waals surface area contributed by atoms with E-state index < -0.39 is 0 Å². The second-order valence-corrected chi connectivity index (χ2v) is 3.32. The lowest BCUT2D eigenvalue weighted by Gasteiger charge is -1.92. The Morgan fingerprint density at radius 2 is 1.92 bits per heavy atom. The van der Waals surface area contributed by atoms with Gasteiger partial charge in [-0.25, -0.2) is 0 Å². The molecule has 2 aromatic rings. The van der Waals surface area contributed by atoms with Crippen molar-refractivity contribution in [3.63, 3.8) is 0 Å². The molecule has 0 amide bonds. The molecule has 0 atom stereocenters. The predicted octanol–water partition coefficient (Wildman–Crippen LogP) is 2.39. The molecule has 0 fully saturated rings. The largest absolute Gasteiger partial charge is 0.389 e. The van der Waals surface area contributed by atoms with Gasteiger partial charge in [0.1, 0.15) is 5.00 Å². The second-order valence-electron chi connectivity index (χ2n) is 2.48. The van der Waals surface area contributed by atoms with Crippen LogP contribution in [0.3, 0.4) is 0 Å². The number of hydrogen-bond donors (Lipinski definition) is 1. The summed E-state index contributed by atoms with van der Waals surface area (Å²) in [6, 6.07) is 11.9. The molecule has 0 aliphatic rings. The number of hydrogen-bond acceptors (Lipinski definition) is 3. The average Bonchev–Trinajstić information content (AvgIpc) is 2.54. The number of benzene rings is 1. The summed E-state index contributed by atoms with van der Waals surface area (Å²) in [5.41, 5.74) is 7.64. The monoisotopic (exact) mass is 176 g/mol. The minimum absolute atomic E-state index is 0.758. The van der Waals surface area contributed by atoms with E-state index in [0.29, 0.717) is 0 Å². The Morgan fingerprint density at radius 1 is 1.17 bits per heavy atom. The lowest BCUT2D eigenvalue weighted by molar-refractivity contribution is 1.52. The maximum absolute atomic E-state index is 5.57. The topological polar surface area (TPSA) is 38.9 Å². The van der Waals surface area contributed by atoms with Gasteiger partial charge in [-0.15, -0.1) is 0 Å². The fourth-order valence-corrected chi connectivity index (χ4v) is 1.56. The second kappa shape index (κ2) is 2.95. The van der Waals surface area contributed by atoms with Crippen molar-refractivity contribution in [2.75, 3.05) is 5.73 Å². The lowest BCUT2D eigenvalue weighted by Crippen LogP contribution is -1.76. The first-order chi connectivity index (χ1) is 5.86. The Labute approximate surface area is 74.8 Å². The summed E-state index contributed by atoms with van der Waals surface area (Å²) in [4.78, 5) is 0. The van der Waals surface area contributed by atoms with Crippen LogP contribution in [-0.2, 0) is 0 Å². The van der Waals surface area contributed by atoms with Gasteiger partial charge < -0.3 is 5.73 Å². The molecule has 3 heteroatoms. The third kappa shape index (κ3) is 1.31. The summed E-state index contributed by atoms with van der Waals surface area (Å²) >= 11 is 1.33. The van der Waals surface area contributed by atoms with Gasteiger partial charge in [-0.1, -0.05) is 30.3 Å². The molecule has 0 spiro atoms. The third-order valence-electron chi connectivity index (χ3n) is 1.60. The van der Waals surface area contributed by atoms with E-state index in [-0.39, 0.29) is 0 Å². The molecule has 2 N–H and O–H groups in total. The highest BCUT2D eigenvalue weighted by Gasteiger charge is 1.99. The summed E-state index contributed by atoms with van der Waals surface area (Å²) in [7, 11) is 0. The van der Waals surface area contributed by atoms with Gasteiger partial charge in [0.15, 0.2) is 0 Å². The summed E-state index contributed by atoms with van der Waals surface area (Å²) in [6.07, 6.45) is 0. The summed E-state index contributed by atoms with van der Waals surface area (Å²) < 4.78 is 4.20. The van der Waals surface area contributed by atoms with Gasteiger partial charge in [0.25, 0.3) is 0 Å². The highest BCUT2D eigenvalue weighted by molar-refractivity contribution is 7.10. The molecule has 0 radical (unpaired) electrons. The van der Waals surface area contributed by atoms with Crippen LogP contribution in [0, 0.1) is 0 Å². The van der Waals surface area contributed by atoms with E-state index in [0.717, 1.165) is 16.3 Å². The number of aromatic nitrogens is 1. The zero-order valence-electron chi connectivity index (χ0n) is 6.40. The van der Waals surface area contributed by atoms with Crippen LogP contribution in [0.1, 0.15) is 0 Å². The molecule has 0 saturated carbocycles. The molecule has 1 heterocycles. The minimum Gasteiger partial charge on any atom is -0.389 e. The van der Waals surface area contributed by atoms with Crippen LogP contribution in [0.25, 0.3) is 11.3 Å². The average molecular weight is 176 g/mol. The fraction of sp³-hybridized carbons (Fsp3) is 0. The molecule has 0 aliphatic carbocycles. The lowest BCUT2D eigenvalue weighted by atomic mass is 10.2. The Kier molecular flexibility index (Phi) is 1.80. The van der Waals surface area contributed by atoms with Crippen LogP contribution < -0.4 is 5.73 Å². The van der Waals surface area contributed by atoms with E-state index in [1.807, 2.05) is 36.4 Å². The number of nitrogens with two attached hydrogens (primary N) is 1. The molecule has 60 valence electrons. The van der Waals surface area contributed by atoms with E-state index in [9.17, 15) is 0 Å². The Hall–Kier alpha value is -1.35. The maximum atomic E-state index is 5.57. The highest BCUT2D eigenvalue weighted by Crippen LogP contribution is 2.22. The molecule has 0 saturated heterocycles. The minimum atomic E-state index is 0.758. The first kappa shape index (κ1) is 7.31. The molecule has 2 nitrogen and oxygen atoms in total. The van der Waals surface area contributed by atoms with Crippen LogP contribution in [0.5, 0.6) is 0 Å². The van der Waals surface area contributed by atoms with Crippen LogP contribution in [0.15, 0.2) is 36.4 Å². The Balaban J connectivity index is 2.45. The fourth-order valence-electron chi connectivity index (χ4n) is 1.03. The Morgan fingerprint density at radius 3 is 2.50 bits per heavy atom. The zero-order chi connectivity index (χ0) is 8.39. The number of nitrogen functional groups attached to an aromatic ring is 1. The smallest absolute Gasteiger partial charge is 0.107 e. The molecule has 1 aromatic carbocycles. The van der Waals surface area contributed by atoms with Crippen LogP contribution >= 0.6 is 11.5 Å². The van der Waals surface area contributed by atoms with E-state index in [4.69, 9.17) is 5.73 Å². The highest BCUT2D eigenvalue weighted by atomic mass is 32.1. The quantitative estimate of drug-likeness (QED) is 0.724. The molecule has 0 aliphatic heterocycles. The van der Waals surface area contributed by atoms with Crippen LogP contribution in [0.2, 0.25) is 0 Å². The molecule has 0 bridgehead atoms. The number of nitrogens with zero attached hydrogens (tertiary/aromatic N) is 1. The van der Waals surface area contributed by atoms with E-state index in [2.05, 4.69) is 4.37 Å². The molecular weight excluding hydrogens is 168 g/mol. The van der Waals surface area contributed by atoms with Crippen molar-refractivity contribution in [3.05, 3.63) is 36.4 Å². The van der Waals surface area contributed by atoms with E-state index in [1.165, 1.54) is 11.5 Å². The Bertz CT molecular complexity index is 367. The van der Waals surface area contributed by atoms with Crippen molar-refractivity contribution < 1.29 is 0 Å². The predicted molar refractivity (Wildman–Crippen MR) is 52.0 cm³/mol. The van der Waals surface area contributed by atoms with Crippen molar-refractivity contribution in [3.8, 4) is 11.3 Å². The normalized spacial score (nSPS) is 10.0. The number of anilines is 1. The first-order valence-electron chi connectivity index (χ1n) is 3.64. The molecular formula is C9H8N2S. The van der Waals surface area contributed by atoms with Crippen molar-refractivity contribution in [1.29, 1.82) is 0 Å². The maximum Gasteiger partial charge on any atom is 0.107 e. The van der Waals surface area contributed by atoms with Crippen LogP contribution in [0.4, 0.5) is 5.00 Å². The van der Waals surface area contributed by atoms with Crippen LogP contribution in [-0.4, -0.2) is 4.37 Å². The third-order valence-corrected chi connectivity index (χ3v) is 2.21. The summed E-state index contributed by atoms with van der Waals surface area (Å²) in [5.74, 6) is 0. The standard InChI is InChI=1S/C9H8N2S/c10-9-6-8(11-12-9)7-4-2-1-3-5-7/h1-6H,10H2. The molecule has 1 aromatic heterocycles. The van der Waals surface area contributed by atoms with Crippen molar-refractivity contribution in [1.82, 2.24) is 4.37 Å². The van der Waals surface area contributed by atoms with Gasteiger partial charge in [-0.2, -0.15) is 4.37 Å². The van der Waals surface area contributed by atoms with Gasteiger partial charge >= 0.3 is 0 Å². The SMILES string of the molecule is Nc1cc(-c2ccccc2)ns1. The van der Waals surface area contributed by atoms with Gasteiger partial charge in [0.2, 0.25) is 0 Å². The molecule has 0 unspecified atom stereocenters.